The van der Waals surface area contributed by atoms with Crippen LogP contribution in [0.5, 0.6) is 0 Å². The topological polar surface area (TPSA) is 58.2 Å². The number of nitrogens with one attached hydrogen (secondary N) is 2. The van der Waals surface area contributed by atoms with Gasteiger partial charge in [-0.15, -0.1) is 11.6 Å². The summed E-state index contributed by atoms with van der Waals surface area (Å²) in [7, 11) is 0. The van der Waals surface area contributed by atoms with Crippen LogP contribution in [0.2, 0.25) is 5.02 Å². The molecule has 2 amide bonds. The van der Waals surface area contributed by atoms with Crippen LogP contribution in [-0.2, 0) is 9.59 Å². The van der Waals surface area contributed by atoms with E-state index in [0.717, 1.165) is 25.7 Å². The number of benzene rings is 1. The predicted molar refractivity (Wildman–Crippen MR) is 98.7 cm³/mol. The molecule has 4 aliphatic rings. The third kappa shape index (κ3) is 3.31. The number of amides is 2. The standard InChI is InChI=1S/C19H21Cl2FN2O2/c20-14-4-13(1-2-15(14)22)24-16(25)9-23-17(26)18-5-11-3-12(6-18)8-19(21,7-11)10-18/h1-2,4,11-12H,3,5-10H2,(H,23,26)(H,24,25)/t11-,12+,18?,19?. The Bertz CT molecular complexity index is 756. The second-order valence-electron chi connectivity index (χ2n) is 8.25. The van der Waals surface area contributed by atoms with E-state index in [1.165, 1.54) is 24.6 Å². The van der Waals surface area contributed by atoms with Crippen molar-refractivity contribution in [1.82, 2.24) is 5.32 Å². The number of carbonyl (C=O) groups is 2. The van der Waals surface area contributed by atoms with E-state index in [-0.39, 0.29) is 28.3 Å². The number of alkyl halides is 1. The van der Waals surface area contributed by atoms with Crippen molar-refractivity contribution in [1.29, 1.82) is 0 Å². The van der Waals surface area contributed by atoms with Gasteiger partial charge in [0.25, 0.3) is 0 Å². The van der Waals surface area contributed by atoms with Crippen molar-refractivity contribution < 1.29 is 14.0 Å². The highest BCUT2D eigenvalue weighted by atomic mass is 35.5. The minimum atomic E-state index is -0.546. The fraction of sp³-hybridized carbons (Fsp3) is 0.579. The molecular weight excluding hydrogens is 378 g/mol. The van der Waals surface area contributed by atoms with E-state index in [9.17, 15) is 14.0 Å². The van der Waals surface area contributed by atoms with E-state index in [4.69, 9.17) is 23.2 Å². The molecule has 0 heterocycles. The Balaban J connectivity index is 1.36. The first-order valence-corrected chi connectivity index (χ1v) is 9.75. The summed E-state index contributed by atoms with van der Waals surface area (Å²) in [5, 5.41) is 5.34. The summed E-state index contributed by atoms with van der Waals surface area (Å²) in [6, 6.07) is 3.95. The first-order chi connectivity index (χ1) is 12.3. The molecule has 4 aliphatic carbocycles. The number of hydrogen-bond donors (Lipinski definition) is 2. The van der Waals surface area contributed by atoms with Gasteiger partial charge in [-0.05, 0) is 68.6 Å². The maximum absolute atomic E-state index is 13.2. The molecule has 7 heteroatoms. The van der Waals surface area contributed by atoms with E-state index < -0.39 is 11.2 Å². The molecule has 4 bridgehead atoms. The van der Waals surface area contributed by atoms with Gasteiger partial charge in [0, 0.05) is 10.6 Å². The molecule has 1 aromatic carbocycles. The fourth-order valence-electron chi connectivity index (χ4n) is 5.54. The van der Waals surface area contributed by atoms with Crippen molar-refractivity contribution in [3.63, 3.8) is 0 Å². The lowest BCUT2D eigenvalue weighted by Gasteiger charge is -2.59. The van der Waals surface area contributed by atoms with Gasteiger partial charge in [-0.25, -0.2) is 4.39 Å². The van der Waals surface area contributed by atoms with Crippen molar-refractivity contribution in [2.45, 2.75) is 43.4 Å². The van der Waals surface area contributed by atoms with Gasteiger partial charge >= 0.3 is 0 Å². The van der Waals surface area contributed by atoms with E-state index in [1.807, 2.05) is 0 Å². The van der Waals surface area contributed by atoms with Crippen molar-refractivity contribution in [2.75, 3.05) is 11.9 Å². The molecule has 4 saturated carbocycles. The van der Waals surface area contributed by atoms with Gasteiger partial charge in [0.1, 0.15) is 5.82 Å². The molecular formula is C19H21Cl2FN2O2. The van der Waals surface area contributed by atoms with Crippen LogP contribution in [0.15, 0.2) is 18.2 Å². The number of anilines is 1. The molecule has 1 aromatic rings. The van der Waals surface area contributed by atoms with Crippen molar-refractivity contribution >= 4 is 40.7 Å². The third-order valence-electron chi connectivity index (χ3n) is 6.08. The molecule has 140 valence electrons. The van der Waals surface area contributed by atoms with Gasteiger partial charge in [-0.2, -0.15) is 0 Å². The van der Waals surface area contributed by atoms with Crippen LogP contribution in [0.3, 0.4) is 0 Å². The van der Waals surface area contributed by atoms with Crippen LogP contribution in [-0.4, -0.2) is 23.2 Å². The lowest BCUT2D eigenvalue weighted by molar-refractivity contribution is -0.145. The quantitative estimate of drug-likeness (QED) is 0.749. The van der Waals surface area contributed by atoms with Gasteiger partial charge in [-0.3, -0.25) is 9.59 Å². The van der Waals surface area contributed by atoms with Crippen LogP contribution >= 0.6 is 23.2 Å². The largest absolute Gasteiger partial charge is 0.347 e. The van der Waals surface area contributed by atoms with Crippen molar-refractivity contribution in [3.05, 3.63) is 29.0 Å². The molecule has 4 fully saturated rings. The summed E-state index contributed by atoms with van der Waals surface area (Å²) in [6.45, 7) is -0.125. The average molecular weight is 399 g/mol. The second-order valence-corrected chi connectivity index (χ2v) is 9.46. The zero-order valence-corrected chi connectivity index (χ0v) is 15.8. The van der Waals surface area contributed by atoms with E-state index >= 15 is 0 Å². The highest BCUT2D eigenvalue weighted by molar-refractivity contribution is 6.31. The Kier molecular flexibility index (Phi) is 4.43. The van der Waals surface area contributed by atoms with E-state index in [2.05, 4.69) is 10.6 Å². The highest BCUT2D eigenvalue weighted by Crippen LogP contribution is 2.63. The van der Waals surface area contributed by atoms with Crippen molar-refractivity contribution in [2.24, 2.45) is 17.3 Å². The first-order valence-electron chi connectivity index (χ1n) is 8.99. The molecule has 0 aromatic heterocycles. The second kappa shape index (κ2) is 6.38. The summed E-state index contributed by atoms with van der Waals surface area (Å²) in [6.07, 6.45) is 5.64. The van der Waals surface area contributed by atoms with E-state index in [0.29, 0.717) is 23.9 Å². The molecule has 4 nitrogen and oxygen atoms in total. The Hall–Kier alpha value is -1.33. The predicted octanol–water partition coefficient (Wildman–Crippen LogP) is 4.11. The lowest BCUT2D eigenvalue weighted by atomic mass is 9.49. The Morgan fingerprint density at radius 1 is 1.19 bits per heavy atom. The monoisotopic (exact) mass is 398 g/mol. The molecule has 0 saturated heterocycles. The summed E-state index contributed by atoms with van der Waals surface area (Å²) >= 11 is 12.5. The molecule has 26 heavy (non-hydrogen) atoms. The Labute approximate surface area is 161 Å². The van der Waals surface area contributed by atoms with Gasteiger partial charge in [-0.1, -0.05) is 11.6 Å². The Morgan fingerprint density at radius 3 is 2.50 bits per heavy atom. The fourth-order valence-corrected chi connectivity index (χ4v) is 6.42. The van der Waals surface area contributed by atoms with Gasteiger partial charge in [0.05, 0.1) is 17.0 Å². The van der Waals surface area contributed by atoms with Gasteiger partial charge in [0.15, 0.2) is 0 Å². The van der Waals surface area contributed by atoms with Crippen LogP contribution in [0, 0.1) is 23.1 Å². The molecule has 0 aliphatic heterocycles. The number of rotatable bonds is 4. The Morgan fingerprint density at radius 2 is 1.88 bits per heavy atom. The summed E-state index contributed by atoms with van der Waals surface area (Å²) in [5.41, 5.74) is -0.0316. The lowest BCUT2D eigenvalue weighted by Crippen LogP contribution is -2.58. The summed E-state index contributed by atoms with van der Waals surface area (Å²) in [4.78, 5) is 24.7. The minimum absolute atomic E-state index is 0.0622. The third-order valence-corrected chi connectivity index (χ3v) is 6.82. The molecule has 0 spiro atoms. The zero-order valence-electron chi connectivity index (χ0n) is 14.3. The molecule has 5 rings (SSSR count). The van der Waals surface area contributed by atoms with Crippen LogP contribution in [0.25, 0.3) is 0 Å². The first kappa shape index (κ1) is 18.1. The molecule has 0 radical (unpaired) electrons. The number of hydrogen-bond acceptors (Lipinski definition) is 2. The van der Waals surface area contributed by atoms with Crippen molar-refractivity contribution in [3.8, 4) is 0 Å². The zero-order chi connectivity index (χ0) is 18.5. The van der Waals surface area contributed by atoms with Crippen LogP contribution < -0.4 is 10.6 Å². The molecule has 2 N–H and O–H groups in total. The number of halogens is 3. The maximum Gasteiger partial charge on any atom is 0.243 e. The summed E-state index contributed by atoms with van der Waals surface area (Å²) in [5.74, 6) is 0.0643. The van der Waals surface area contributed by atoms with Crippen LogP contribution in [0.1, 0.15) is 38.5 Å². The van der Waals surface area contributed by atoms with Gasteiger partial charge in [0.2, 0.25) is 11.8 Å². The number of carbonyl (C=O) groups excluding carboxylic acids is 2. The molecule has 2 unspecified atom stereocenters. The smallest absolute Gasteiger partial charge is 0.243 e. The van der Waals surface area contributed by atoms with Crippen LogP contribution in [0.4, 0.5) is 10.1 Å². The van der Waals surface area contributed by atoms with Gasteiger partial charge < -0.3 is 10.6 Å². The molecule has 4 atom stereocenters. The highest BCUT2D eigenvalue weighted by Gasteiger charge is 2.60. The normalized spacial score (nSPS) is 34.6. The maximum atomic E-state index is 13.2. The van der Waals surface area contributed by atoms with E-state index in [1.54, 1.807) is 0 Å². The minimum Gasteiger partial charge on any atom is -0.347 e. The SMILES string of the molecule is O=C(CNC(=O)C12C[C@@H]3C[C@@H](CC(Cl)(C3)C1)C2)Nc1ccc(F)c(Cl)c1. The average Bonchev–Trinajstić information content (AvgIpc) is 2.53. The summed E-state index contributed by atoms with van der Waals surface area (Å²) < 4.78 is 13.2.